The van der Waals surface area contributed by atoms with E-state index in [0.29, 0.717) is 11.5 Å². The molecular weight excluding hydrogens is 308 g/mol. The molecule has 0 bridgehead atoms. The second kappa shape index (κ2) is 6.53. The molecule has 0 aromatic heterocycles. The summed E-state index contributed by atoms with van der Waals surface area (Å²) in [6.07, 6.45) is 1.89. The lowest BCUT2D eigenvalue weighted by Crippen LogP contribution is -2.45. The predicted octanol–water partition coefficient (Wildman–Crippen LogP) is 0.649. The Labute approximate surface area is 130 Å². The SMILES string of the molecule is COc1ccc(S(=O)(=O)NC(C)C(=O)NC2CC2)cc1OC. The highest BCUT2D eigenvalue weighted by Crippen LogP contribution is 2.29. The first-order chi connectivity index (χ1) is 10.4. The van der Waals surface area contributed by atoms with E-state index < -0.39 is 16.1 Å². The third kappa shape index (κ3) is 3.89. The fourth-order valence-corrected chi connectivity index (χ4v) is 3.11. The molecule has 1 aromatic carbocycles. The number of amides is 1. The van der Waals surface area contributed by atoms with Crippen molar-refractivity contribution in [1.29, 1.82) is 0 Å². The van der Waals surface area contributed by atoms with Gasteiger partial charge in [-0.25, -0.2) is 8.42 Å². The number of carbonyl (C=O) groups is 1. The molecule has 0 radical (unpaired) electrons. The summed E-state index contributed by atoms with van der Waals surface area (Å²) in [7, 11) is -0.933. The van der Waals surface area contributed by atoms with Crippen LogP contribution in [0.5, 0.6) is 11.5 Å². The van der Waals surface area contributed by atoms with E-state index in [-0.39, 0.29) is 16.8 Å². The molecule has 0 aliphatic heterocycles. The second-order valence-corrected chi connectivity index (χ2v) is 6.86. The lowest BCUT2D eigenvalue weighted by atomic mass is 10.3. The van der Waals surface area contributed by atoms with Crippen LogP contribution in [0.2, 0.25) is 0 Å². The van der Waals surface area contributed by atoms with Crippen LogP contribution in [0.1, 0.15) is 19.8 Å². The average Bonchev–Trinajstić information content (AvgIpc) is 3.29. The summed E-state index contributed by atoms with van der Waals surface area (Å²) in [5.41, 5.74) is 0. The van der Waals surface area contributed by atoms with Crippen LogP contribution in [-0.2, 0) is 14.8 Å². The number of rotatable bonds is 7. The Kier molecular flexibility index (Phi) is 4.92. The predicted molar refractivity (Wildman–Crippen MR) is 80.5 cm³/mol. The van der Waals surface area contributed by atoms with E-state index in [4.69, 9.17) is 9.47 Å². The van der Waals surface area contributed by atoms with Gasteiger partial charge in [0.15, 0.2) is 11.5 Å². The third-order valence-corrected chi connectivity index (χ3v) is 4.85. The number of carbonyl (C=O) groups excluding carboxylic acids is 1. The first kappa shape index (κ1) is 16.6. The summed E-state index contributed by atoms with van der Waals surface area (Å²) < 4.78 is 37.2. The molecule has 8 heteroatoms. The highest BCUT2D eigenvalue weighted by Gasteiger charge is 2.28. The van der Waals surface area contributed by atoms with E-state index in [1.807, 2.05) is 0 Å². The van der Waals surface area contributed by atoms with E-state index in [0.717, 1.165) is 12.8 Å². The first-order valence-electron chi connectivity index (χ1n) is 6.92. The van der Waals surface area contributed by atoms with Gasteiger partial charge in [0.2, 0.25) is 15.9 Å². The molecule has 1 fully saturated rings. The summed E-state index contributed by atoms with van der Waals surface area (Å²) in [4.78, 5) is 11.9. The van der Waals surface area contributed by atoms with Gasteiger partial charge >= 0.3 is 0 Å². The maximum Gasteiger partial charge on any atom is 0.241 e. The van der Waals surface area contributed by atoms with Crippen LogP contribution in [-0.4, -0.2) is 40.6 Å². The number of sulfonamides is 1. The lowest BCUT2D eigenvalue weighted by molar-refractivity contribution is -0.122. The van der Waals surface area contributed by atoms with Crippen LogP contribution in [0, 0.1) is 0 Å². The zero-order chi connectivity index (χ0) is 16.3. The van der Waals surface area contributed by atoms with E-state index in [1.54, 1.807) is 0 Å². The number of hydrogen-bond acceptors (Lipinski definition) is 5. The zero-order valence-corrected chi connectivity index (χ0v) is 13.6. The number of benzene rings is 1. The zero-order valence-electron chi connectivity index (χ0n) is 12.8. The number of nitrogens with one attached hydrogen (secondary N) is 2. The molecule has 1 unspecified atom stereocenters. The molecule has 7 nitrogen and oxygen atoms in total. The number of methoxy groups -OCH3 is 2. The van der Waals surface area contributed by atoms with Crippen molar-refractivity contribution in [3.63, 3.8) is 0 Å². The summed E-state index contributed by atoms with van der Waals surface area (Å²) in [5.74, 6) is 0.410. The minimum atomic E-state index is -3.82. The normalized spacial score (nSPS) is 16.0. The highest BCUT2D eigenvalue weighted by atomic mass is 32.2. The fourth-order valence-electron chi connectivity index (χ4n) is 1.89. The van der Waals surface area contributed by atoms with Gasteiger partial charge in [0.1, 0.15) is 0 Å². The average molecular weight is 328 g/mol. The van der Waals surface area contributed by atoms with Crippen molar-refractivity contribution in [3.8, 4) is 11.5 Å². The Hall–Kier alpha value is -1.80. The molecule has 0 saturated heterocycles. The van der Waals surface area contributed by atoms with Gasteiger partial charge in [-0.05, 0) is 31.9 Å². The molecule has 122 valence electrons. The lowest BCUT2D eigenvalue weighted by Gasteiger charge is -2.15. The Bertz CT molecular complexity index is 655. The van der Waals surface area contributed by atoms with E-state index in [9.17, 15) is 13.2 Å². The van der Waals surface area contributed by atoms with Crippen LogP contribution >= 0.6 is 0 Å². The molecule has 0 heterocycles. The summed E-state index contributed by atoms with van der Waals surface area (Å²) in [6, 6.07) is 3.59. The molecule has 1 aliphatic rings. The van der Waals surface area contributed by atoms with E-state index >= 15 is 0 Å². The molecule has 22 heavy (non-hydrogen) atoms. The van der Waals surface area contributed by atoms with Gasteiger partial charge in [-0.2, -0.15) is 4.72 Å². The minimum Gasteiger partial charge on any atom is -0.493 e. The first-order valence-corrected chi connectivity index (χ1v) is 8.40. The van der Waals surface area contributed by atoms with Gasteiger partial charge in [0, 0.05) is 12.1 Å². The quantitative estimate of drug-likeness (QED) is 0.766. The van der Waals surface area contributed by atoms with Crippen molar-refractivity contribution < 1.29 is 22.7 Å². The van der Waals surface area contributed by atoms with Crippen molar-refractivity contribution in [2.45, 2.75) is 36.7 Å². The molecule has 2 N–H and O–H groups in total. The maximum absolute atomic E-state index is 12.3. The molecule has 1 saturated carbocycles. The van der Waals surface area contributed by atoms with Crippen molar-refractivity contribution in [2.75, 3.05) is 14.2 Å². The standard InChI is InChI=1S/C14H20N2O5S/c1-9(14(17)15-10-4-5-10)16-22(18,19)11-6-7-12(20-2)13(8-11)21-3/h6-10,16H,4-5H2,1-3H3,(H,15,17). The summed E-state index contributed by atoms with van der Waals surface area (Å²) in [6.45, 7) is 1.51. The molecular formula is C14H20N2O5S. The smallest absolute Gasteiger partial charge is 0.241 e. The van der Waals surface area contributed by atoms with Crippen LogP contribution in [0.15, 0.2) is 23.1 Å². The second-order valence-electron chi connectivity index (χ2n) is 5.14. The Morgan fingerprint density at radius 3 is 2.41 bits per heavy atom. The Morgan fingerprint density at radius 1 is 1.23 bits per heavy atom. The third-order valence-electron chi connectivity index (χ3n) is 3.31. The van der Waals surface area contributed by atoms with E-state index in [1.165, 1.54) is 39.3 Å². The van der Waals surface area contributed by atoms with Gasteiger partial charge in [-0.15, -0.1) is 0 Å². The monoisotopic (exact) mass is 328 g/mol. The van der Waals surface area contributed by atoms with Crippen LogP contribution in [0.25, 0.3) is 0 Å². The van der Waals surface area contributed by atoms with Crippen molar-refractivity contribution in [3.05, 3.63) is 18.2 Å². The van der Waals surface area contributed by atoms with Gasteiger partial charge in [0.25, 0.3) is 0 Å². The molecule has 1 aromatic rings. The minimum absolute atomic E-state index is 0.0104. The Morgan fingerprint density at radius 2 is 1.86 bits per heavy atom. The van der Waals surface area contributed by atoms with Gasteiger partial charge < -0.3 is 14.8 Å². The van der Waals surface area contributed by atoms with Crippen molar-refractivity contribution in [2.24, 2.45) is 0 Å². The van der Waals surface area contributed by atoms with Crippen LogP contribution in [0.4, 0.5) is 0 Å². The molecule has 1 atom stereocenters. The Balaban J connectivity index is 2.13. The summed E-state index contributed by atoms with van der Waals surface area (Å²) in [5, 5.41) is 2.76. The van der Waals surface area contributed by atoms with Gasteiger partial charge in [-0.1, -0.05) is 0 Å². The highest BCUT2D eigenvalue weighted by molar-refractivity contribution is 7.89. The van der Waals surface area contributed by atoms with Crippen molar-refractivity contribution >= 4 is 15.9 Å². The number of hydrogen-bond donors (Lipinski definition) is 2. The van der Waals surface area contributed by atoms with Crippen molar-refractivity contribution in [1.82, 2.24) is 10.0 Å². The van der Waals surface area contributed by atoms with Gasteiger partial charge in [0.05, 0.1) is 25.2 Å². The largest absolute Gasteiger partial charge is 0.493 e. The maximum atomic E-state index is 12.3. The van der Waals surface area contributed by atoms with Crippen LogP contribution < -0.4 is 19.5 Å². The molecule has 0 spiro atoms. The fraction of sp³-hybridized carbons (Fsp3) is 0.500. The number of ether oxygens (including phenoxy) is 2. The molecule has 1 aliphatic carbocycles. The van der Waals surface area contributed by atoms with Crippen LogP contribution in [0.3, 0.4) is 0 Å². The molecule has 1 amide bonds. The summed E-state index contributed by atoms with van der Waals surface area (Å²) >= 11 is 0. The van der Waals surface area contributed by atoms with E-state index in [2.05, 4.69) is 10.0 Å². The topological polar surface area (TPSA) is 93.7 Å². The van der Waals surface area contributed by atoms with Gasteiger partial charge in [-0.3, -0.25) is 4.79 Å². The molecule has 2 rings (SSSR count).